The van der Waals surface area contributed by atoms with Crippen molar-refractivity contribution in [2.75, 3.05) is 23.7 Å². The Bertz CT molecular complexity index is 1110. The molecule has 1 N–H and O–H groups in total. The monoisotopic (exact) mass is 497 g/mol. The molecule has 180 valence electrons. The van der Waals surface area contributed by atoms with Crippen LogP contribution < -0.4 is 9.62 Å². The van der Waals surface area contributed by atoms with Crippen molar-refractivity contribution < 1.29 is 22.4 Å². The van der Waals surface area contributed by atoms with Gasteiger partial charge in [0.15, 0.2) is 0 Å². The van der Waals surface area contributed by atoms with Gasteiger partial charge in [-0.25, -0.2) is 12.8 Å². The number of carbonyl (C=O) groups is 2. The van der Waals surface area contributed by atoms with Gasteiger partial charge in [-0.3, -0.25) is 13.9 Å². The minimum absolute atomic E-state index is 0.0520. The zero-order valence-electron chi connectivity index (χ0n) is 19.1. The quantitative estimate of drug-likeness (QED) is 0.544. The van der Waals surface area contributed by atoms with Crippen LogP contribution in [-0.2, 0) is 26.2 Å². The standard InChI is InChI=1S/C23H29ClFN3O4S/c1-5-12-26-23(30)17(3)27(14-18-9-7-6-8-16(18)2)22(29)15-28(33(4,31)32)19-10-11-21(25)20(24)13-19/h6-11,13,17H,5,12,14-15H2,1-4H3,(H,26,30)/t17-/m0/s1. The molecule has 0 aliphatic carbocycles. The Morgan fingerprint density at radius 3 is 2.42 bits per heavy atom. The van der Waals surface area contributed by atoms with Crippen molar-refractivity contribution in [1.82, 2.24) is 10.2 Å². The molecule has 0 fully saturated rings. The normalized spacial score (nSPS) is 12.2. The van der Waals surface area contributed by atoms with Gasteiger partial charge in [-0.1, -0.05) is 42.8 Å². The molecule has 0 heterocycles. The summed E-state index contributed by atoms with van der Waals surface area (Å²) in [6.07, 6.45) is 1.68. The lowest BCUT2D eigenvalue weighted by Gasteiger charge is -2.32. The van der Waals surface area contributed by atoms with Gasteiger partial charge < -0.3 is 10.2 Å². The molecule has 0 unspecified atom stereocenters. The second kappa shape index (κ2) is 11.5. The number of rotatable bonds is 10. The van der Waals surface area contributed by atoms with Gasteiger partial charge in [-0.15, -0.1) is 0 Å². The lowest BCUT2D eigenvalue weighted by Crippen LogP contribution is -2.51. The van der Waals surface area contributed by atoms with Crippen LogP contribution in [0.1, 0.15) is 31.4 Å². The molecule has 2 aromatic rings. The second-order valence-corrected chi connectivity index (χ2v) is 10.1. The van der Waals surface area contributed by atoms with Gasteiger partial charge in [0.1, 0.15) is 18.4 Å². The Morgan fingerprint density at radius 1 is 1.18 bits per heavy atom. The van der Waals surface area contributed by atoms with E-state index in [-0.39, 0.29) is 23.2 Å². The van der Waals surface area contributed by atoms with Crippen molar-refractivity contribution in [2.24, 2.45) is 0 Å². The van der Waals surface area contributed by atoms with Crippen molar-refractivity contribution in [2.45, 2.75) is 39.8 Å². The summed E-state index contributed by atoms with van der Waals surface area (Å²) in [5.41, 5.74) is 1.81. The van der Waals surface area contributed by atoms with Crippen molar-refractivity contribution in [3.05, 3.63) is 64.4 Å². The summed E-state index contributed by atoms with van der Waals surface area (Å²) < 4.78 is 39.4. The second-order valence-electron chi connectivity index (χ2n) is 7.78. The predicted molar refractivity (Wildman–Crippen MR) is 128 cm³/mol. The first-order valence-electron chi connectivity index (χ1n) is 10.5. The van der Waals surface area contributed by atoms with Crippen LogP contribution in [-0.4, -0.2) is 50.5 Å². The summed E-state index contributed by atoms with van der Waals surface area (Å²) in [7, 11) is -3.91. The molecule has 7 nitrogen and oxygen atoms in total. The third kappa shape index (κ3) is 7.17. The van der Waals surface area contributed by atoms with Crippen molar-refractivity contribution >= 4 is 39.1 Å². The Balaban J connectivity index is 2.40. The maximum absolute atomic E-state index is 13.6. The highest BCUT2D eigenvalue weighted by Gasteiger charge is 2.30. The smallest absolute Gasteiger partial charge is 0.244 e. The van der Waals surface area contributed by atoms with Crippen LogP contribution in [0.25, 0.3) is 0 Å². The van der Waals surface area contributed by atoms with Gasteiger partial charge in [0, 0.05) is 13.1 Å². The molecule has 2 rings (SSSR count). The number of anilines is 1. The highest BCUT2D eigenvalue weighted by Crippen LogP contribution is 2.25. The zero-order chi connectivity index (χ0) is 24.8. The molecule has 2 aromatic carbocycles. The van der Waals surface area contributed by atoms with Gasteiger partial charge in [-0.05, 0) is 49.6 Å². The van der Waals surface area contributed by atoms with Gasteiger partial charge in [0.25, 0.3) is 0 Å². The van der Waals surface area contributed by atoms with E-state index in [9.17, 15) is 22.4 Å². The Morgan fingerprint density at radius 2 is 1.85 bits per heavy atom. The SMILES string of the molecule is CCCNC(=O)[C@H](C)N(Cc1ccccc1C)C(=O)CN(c1ccc(F)c(Cl)c1)S(C)(=O)=O. The van der Waals surface area contributed by atoms with Crippen molar-refractivity contribution in [3.63, 3.8) is 0 Å². The van der Waals surface area contributed by atoms with Crippen LogP contribution in [0.4, 0.5) is 10.1 Å². The highest BCUT2D eigenvalue weighted by molar-refractivity contribution is 7.92. The number of hydrogen-bond donors (Lipinski definition) is 1. The van der Waals surface area contributed by atoms with Crippen LogP contribution in [0.3, 0.4) is 0 Å². The Hall–Kier alpha value is -2.65. The van der Waals surface area contributed by atoms with Crippen LogP contribution >= 0.6 is 11.6 Å². The summed E-state index contributed by atoms with van der Waals surface area (Å²) in [6, 6.07) is 10.0. The van der Waals surface area contributed by atoms with Gasteiger partial charge in [-0.2, -0.15) is 0 Å². The van der Waals surface area contributed by atoms with E-state index in [0.717, 1.165) is 40.2 Å². The number of carbonyl (C=O) groups excluding carboxylic acids is 2. The van der Waals surface area contributed by atoms with E-state index in [1.807, 2.05) is 38.1 Å². The molecule has 0 aliphatic rings. The molecule has 0 bridgehead atoms. The highest BCUT2D eigenvalue weighted by atomic mass is 35.5. The van der Waals surface area contributed by atoms with Gasteiger partial charge in [0.2, 0.25) is 21.8 Å². The third-order valence-electron chi connectivity index (χ3n) is 5.19. The van der Waals surface area contributed by atoms with E-state index < -0.39 is 34.3 Å². The number of nitrogens with one attached hydrogen (secondary N) is 1. The third-order valence-corrected chi connectivity index (χ3v) is 6.62. The summed E-state index contributed by atoms with van der Waals surface area (Å²) in [6.45, 7) is 5.41. The van der Waals surface area contributed by atoms with E-state index in [1.54, 1.807) is 6.92 Å². The fourth-order valence-corrected chi connectivity index (χ4v) is 4.22. The van der Waals surface area contributed by atoms with E-state index in [4.69, 9.17) is 11.6 Å². The number of nitrogens with zero attached hydrogens (tertiary/aromatic N) is 2. The van der Waals surface area contributed by atoms with Crippen LogP contribution in [0.2, 0.25) is 5.02 Å². The first-order valence-corrected chi connectivity index (χ1v) is 12.7. The summed E-state index contributed by atoms with van der Waals surface area (Å²) in [5, 5.41) is 2.51. The number of sulfonamides is 1. The fraction of sp³-hybridized carbons (Fsp3) is 0.391. The number of hydrogen-bond acceptors (Lipinski definition) is 4. The number of amides is 2. The van der Waals surface area contributed by atoms with Crippen LogP contribution in [0, 0.1) is 12.7 Å². The lowest BCUT2D eigenvalue weighted by atomic mass is 10.1. The predicted octanol–water partition coefficient (Wildman–Crippen LogP) is 3.50. The summed E-state index contributed by atoms with van der Waals surface area (Å²) in [5.74, 6) is -1.62. The molecule has 33 heavy (non-hydrogen) atoms. The molecular weight excluding hydrogens is 469 g/mol. The molecule has 2 amide bonds. The maximum atomic E-state index is 13.6. The van der Waals surface area contributed by atoms with Crippen LogP contribution in [0.5, 0.6) is 0 Å². The maximum Gasteiger partial charge on any atom is 0.244 e. The number of aryl methyl sites for hydroxylation is 1. The molecule has 0 spiro atoms. The first-order chi connectivity index (χ1) is 15.5. The largest absolute Gasteiger partial charge is 0.354 e. The van der Waals surface area contributed by atoms with Crippen LogP contribution in [0.15, 0.2) is 42.5 Å². The topological polar surface area (TPSA) is 86.8 Å². The molecule has 0 saturated heterocycles. The summed E-state index contributed by atoms with van der Waals surface area (Å²) in [4.78, 5) is 27.4. The minimum atomic E-state index is -3.91. The van der Waals surface area contributed by atoms with E-state index >= 15 is 0 Å². The molecule has 1 atom stereocenters. The molecule has 0 radical (unpaired) electrons. The molecule has 0 aliphatic heterocycles. The average Bonchev–Trinajstić information content (AvgIpc) is 2.75. The molecular formula is C23H29ClFN3O4S. The fourth-order valence-electron chi connectivity index (χ4n) is 3.20. The Kier molecular flexibility index (Phi) is 9.25. The lowest BCUT2D eigenvalue weighted by molar-refractivity contribution is -0.139. The van der Waals surface area contributed by atoms with Crippen molar-refractivity contribution in [3.8, 4) is 0 Å². The van der Waals surface area contributed by atoms with E-state index in [2.05, 4.69) is 5.32 Å². The Labute approximate surface area is 199 Å². The van der Waals surface area contributed by atoms with E-state index in [1.165, 1.54) is 11.0 Å². The molecule has 0 aromatic heterocycles. The first kappa shape index (κ1) is 26.6. The van der Waals surface area contributed by atoms with E-state index in [0.29, 0.717) is 6.54 Å². The number of benzene rings is 2. The zero-order valence-corrected chi connectivity index (χ0v) is 20.7. The van der Waals surface area contributed by atoms with Gasteiger partial charge >= 0.3 is 0 Å². The van der Waals surface area contributed by atoms with Gasteiger partial charge in [0.05, 0.1) is 17.0 Å². The molecule has 10 heteroatoms. The van der Waals surface area contributed by atoms with Crippen molar-refractivity contribution in [1.29, 1.82) is 0 Å². The minimum Gasteiger partial charge on any atom is -0.354 e. The number of halogens is 2. The summed E-state index contributed by atoms with van der Waals surface area (Å²) >= 11 is 5.83. The average molecular weight is 498 g/mol. The molecule has 0 saturated carbocycles.